The Balaban J connectivity index is 0.00000144. The summed E-state index contributed by atoms with van der Waals surface area (Å²) < 4.78 is 0. The summed E-state index contributed by atoms with van der Waals surface area (Å²) in [4.78, 5) is 2.78. The number of nitrogens with zero attached hydrogens (tertiary/aromatic N) is 1. The molecule has 0 unspecified atom stereocenters. The predicted octanol–water partition coefficient (Wildman–Crippen LogP) is 3.57. The molecule has 0 aromatic heterocycles. The molecule has 1 saturated carbocycles. The molecule has 0 aromatic carbocycles. The van der Waals surface area contributed by atoms with Crippen molar-refractivity contribution in [3.05, 3.63) is 0 Å². The molecule has 1 aliphatic heterocycles. The number of aliphatic hydroxyl groups excluding tert-OH is 1. The fourth-order valence-corrected chi connectivity index (χ4v) is 3.71. The zero-order valence-corrected chi connectivity index (χ0v) is 13.3. The molecule has 0 atom stereocenters. The quantitative estimate of drug-likeness (QED) is 0.603. The van der Waals surface area contributed by atoms with Crippen LogP contribution in [0.25, 0.3) is 0 Å². The van der Waals surface area contributed by atoms with Crippen LogP contribution in [0.4, 0.5) is 0 Å². The number of likely N-dealkylation sites (tertiary alicyclic amines) is 1. The molecule has 2 aliphatic rings. The van der Waals surface area contributed by atoms with E-state index in [4.69, 9.17) is 5.11 Å². The molecule has 2 rings (SSSR count). The lowest BCUT2D eigenvalue weighted by Crippen LogP contribution is -2.45. The molecule has 1 saturated heterocycles. The van der Waals surface area contributed by atoms with Crippen LogP contribution in [-0.4, -0.2) is 35.2 Å². The monoisotopic (exact) mass is 353 g/mol. The summed E-state index contributed by atoms with van der Waals surface area (Å²) >= 11 is 0. The van der Waals surface area contributed by atoms with Crippen LogP contribution < -0.4 is 0 Å². The van der Waals surface area contributed by atoms with Gasteiger partial charge < -0.3 is 5.11 Å². The fourth-order valence-electron chi connectivity index (χ4n) is 3.71. The van der Waals surface area contributed by atoms with Gasteiger partial charge in [-0.3, -0.25) is 4.90 Å². The normalized spacial score (nSPS) is 23.8. The third-order valence-corrected chi connectivity index (χ3v) is 4.61. The Kier molecular flexibility index (Phi) is 7.34. The van der Waals surface area contributed by atoms with Gasteiger partial charge >= 0.3 is 0 Å². The van der Waals surface area contributed by atoms with Gasteiger partial charge in [0.25, 0.3) is 0 Å². The minimum atomic E-state index is 0. The number of hydrogen-bond donors (Lipinski definition) is 1. The van der Waals surface area contributed by atoms with Crippen LogP contribution in [0.15, 0.2) is 0 Å². The van der Waals surface area contributed by atoms with Gasteiger partial charge in [0.1, 0.15) is 0 Å². The van der Waals surface area contributed by atoms with Crippen molar-refractivity contribution in [2.24, 2.45) is 0 Å². The lowest BCUT2D eigenvalue weighted by molar-refractivity contribution is 0.0905. The van der Waals surface area contributed by atoms with Crippen LogP contribution >= 0.6 is 24.0 Å². The van der Waals surface area contributed by atoms with E-state index in [1.54, 1.807) is 0 Å². The van der Waals surface area contributed by atoms with Crippen molar-refractivity contribution in [3.63, 3.8) is 0 Å². The number of aliphatic hydroxyl groups is 1. The molecule has 0 bridgehead atoms. The third kappa shape index (κ3) is 4.06. The summed E-state index contributed by atoms with van der Waals surface area (Å²) in [7, 11) is 0. The summed E-state index contributed by atoms with van der Waals surface area (Å²) in [6.07, 6.45) is 13.6. The van der Waals surface area contributed by atoms with Gasteiger partial charge in [0.2, 0.25) is 0 Å². The van der Waals surface area contributed by atoms with Gasteiger partial charge in [-0.1, -0.05) is 19.3 Å². The van der Waals surface area contributed by atoms with Gasteiger partial charge in [0.05, 0.1) is 0 Å². The van der Waals surface area contributed by atoms with Crippen LogP contribution in [0.1, 0.15) is 64.2 Å². The molecule has 0 aromatic rings. The van der Waals surface area contributed by atoms with Crippen LogP contribution in [0.3, 0.4) is 0 Å². The first-order chi connectivity index (χ1) is 7.87. The van der Waals surface area contributed by atoms with E-state index in [-0.39, 0.29) is 24.0 Å². The van der Waals surface area contributed by atoms with E-state index in [2.05, 4.69) is 4.90 Å². The minimum Gasteiger partial charge on any atom is -0.396 e. The minimum absolute atomic E-state index is 0. The third-order valence-electron chi connectivity index (χ3n) is 4.61. The first-order valence-electron chi connectivity index (χ1n) is 7.23. The molecule has 2 nitrogen and oxygen atoms in total. The fraction of sp³-hybridized carbons (Fsp3) is 1.00. The Bertz CT molecular complexity index is 204. The smallest absolute Gasteiger partial charge is 0.0431 e. The van der Waals surface area contributed by atoms with Crippen molar-refractivity contribution in [1.82, 2.24) is 4.90 Å². The molecular weight excluding hydrogens is 325 g/mol. The van der Waals surface area contributed by atoms with Crippen LogP contribution in [0.5, 0.6) is 0 Å². The SMILES string of the molecule is I.OCCCCCN1CCCC12CCCCC2. The van der Waals surface area contributed by atoms with Gasteiger partial charge in [-0.15, -0.1) is 24.0 Å². The first-order valence-corrected chi connectivity index (χ1v) is 7.23. The van der Waals surface area contributed by atoms with Crippen LogP contribution in [0, 0.1) is 0 Å². The van der Waals surface area contributed by atoms with Gasteiger partial charge in [0.15, 0.2) is 0 Å². The highest BCUT2D eigenvalue weighted by atomic mass is 127. The molecule has 102 valence electrons. The van der Waals surface area contributed by atoms with Gasteiger partial charge in [-0.05, 0) is 58.0 Å². The average molecular weight is 353 g/mol. The molecule has 0 radical (unpaired) electrons. The Morgan fingerprint density at radius 2 is 1.59 bits per heavy atom. The number of unbranched alkanes of at least 4 members (excludes halogenated alkanes) is 2. The summed E-state index contributed by atoms with van der Waals surface area (Å²) in [6.45, 7) is 2.98. The predicted molar refractivity (Wildman–Crippen MR) is 83.0 cm³/mol. The van der Waals surface area contributed by atoms with Crippen molar-refractivity contribution < 1.29 is 5.11 Å². The summed E-state index contributed by atoms with van der Waals surface area (Å²) in [6, 6.07) is 0. The summed E-state index contributed by atoms with van der Waals surface area (Å²) in [5, 5.41) is 8.79. The lowest BCUT2D eigenvalue weighted by atomic mass is 9.79. The van der Waals surface area contributed by atoms with E-state index < -0.39 is 0 Å². The highest BCUT2D eigenvalue weighted by Gasteiger charge is 2.40. The lowest BCUT2D eigenvalue weighted by Gasteiger charge is -2.42. The zero-order valence-electron chi connectivity index (χ0n) is 11.0. The molecule has 2 fully saturated rings. The molecule has 0 amide bonds. The van der Waals surface area contributed by atoms with E-state index in [0.717, 1.165) is 6.42 Å². The summed E-state index contributed by atoms with van der Waals surface area (Å²) in [5.74, 6) is 0. The van der Waals surface area contributed by atoms with E-state index in [0.29, 0.717) is 12.1 Å². The van der Waals surface area contributed by atoms with Crippen LogP contribution in [0.2, 0.25) is 0 Å². The second-order valence-corrected chi connectivity index (χ2v) is 5.66. The van der Waals surface area contributed by atoms with Gasteiger partial charge in [-0.2, -0.15) is 0 Å². The second-order valence-electron chi connectivity index (χ2n) is 5.66. The molecule has 1 spiro atoms. The van der Waals surface area contributed by atoms with Crippen LogP contribution in [-0.2, 0) is 0 Å². The van der Waals surface area contributed by atoms with E-state index in [9.17, 15) is 0 Å². The van der Waals surface area contributed by atoms with E-state index >= 15 is 0 Å². The maximum Gasteiger partial charge on any atom is 0.0431 e. The number of hydrogen-bond acceptors (Lipinski definition) is 2. The number of rotatable bonds is 5. The topological polar surface area (TPSA) is 23.5 Å². The largest absolute Gasteiger partial charge is 0.396 e. The standard InChI is InChI=1S/C14H27NO.HI/c16-13-6-2-5-11-15-12-7-10-14(15)8-3-1-4-9-14;/h16H,1-13H2;1H. The Morgan fingerprint density at radius 3 is 2.29 bits per heavy atom. The van der Waals surface area contributed by atoms with E-state index in [1.807, 2.05) is 0 Å². The maximum absolute atomic E-state index is 8.79. The van der Waals surface area contributed by atoms with Crippen molar-refractivity contribution in [3.8, 4) is 0 Å². The highest BCUT2D eigenvalue weighted by Crippen LogP contribution is 2.41. The molecule has 17 heavy (non-hydrogen) atoms. The van der Waals surface area contributed by atoms with Crippen molar-refractivity contribution in [2.45, 2.75) is 69.7 Å². The molecule has 3 heteroatoms. The maximum atomic E-state index is 8.79. The zero-order chi connectivity index (χ0) is 11.3. The highest BCUT2D eigenvalue weighted by molar-refractivity contribution is 14.0. The van der Waals surface area contributed by atoms with Crippen molar-refractivity contribution in [1.29, 1.82) is 0 Å². The molecular formula is C14H28INO. The van der Waals surface area contributed by atoms with Crippen molar-refractivity contribution in [2.75, 3.05) is 19.7 Å². The van der Waals surface area contributed by atoms with Gasteiger partial charge in [-0.25, -0.2) is 0 Å². The van der Waals surface area contributed by atoms with Gasteiger partial charge in [0, 0.05) is 12.1 Å². The Morgan fingerprint density at radius 1 is 0.882 bits per heavy atom. The Labute approximate surface area is 123 Å². The van der Waals surface area contributed by atoms with E-state index in [1.165, 1.54) is 70.9 Å². The average Bonchev–Trinajstić information content (AvgIpc) is 2.69. The second kappa shape index (κ2) is 7.95. The number of halogens is 1. The summed E-state index contributed by atoms with van der Waals surface area (Å²) in [5.41, 5.74) is 0.609. The molecule has 1 N–H and O–H groups in total. The Hall–Kier alpha value is 0.650. The first kappa shape index (κ1) is 15.7. The molecule has 1 heterocycles. The van der Waals surface area contributed by atoms with Crippen molar-refractivity contribution >= 4 is 24.0 Å². The molecule has 1 aliphatic carbocycles.